The molecule has 82 valence electrons. The minimum Gasteiger partial charge on any atom is -0.490 e. The van der Waals surface area contributed by atoms with Crippen LogP contribution < -0.4 is 4.74 Å². The van der Waals surface area contributed by atoms with Crippen molar-refractivity contribution in [2.24, 2.45) is 0 Å². The molecule has 1 aromatic heterocycles. The number of likely N-dealkylation sites (N-methyl/N-ethyl adjacent to an activating group) is 1. The van der Waals surface area contributed by atoms with E-state index in [2.05, 4.69) is 29.9 Å². The molecule has 0 amide bonds. The maximum Gasteiger partial charge on any atom is 0.137 e. The Labute approximate surface area is 91.1 Å². The van der Waals surface area contributed by atoms with Gasteiger partial charge in [0, 0.05) is 11.7 Å². The van der Waals surface area contributed by atoms with Gasteiger partial charge >= 0.3 is 0 Å². The quantitative estimate of drug-likeness (QED) is 0.754. The largest absolute Gasteiger partial charge is 0.490 e. The molecule has 1 saturated heterocycles. The number of ether oxygens (including phenoxy) is 1. The maximum atomic E-state index is 5.71. The average molecular weight is 206 g/mol. The SMILES string of the molecule is Cc1cc(OC[C@H]2CCN2C)cnc1C. The van der Waals surface area contributed by atoms with Crippen LogP contribution in [0.4, 0.5) is 0 Å². The van der Waals surface area contributed by atoms with E-state index >= 15 is 0 Å². The molecule has 3 heteroatoms. The number of likely N-dealkylation sites (tertiary alicyclic amines) is 1. The summed E-state index contributed by atoms with van der Waals surface area (Å²) in [5.41, 5.74) is 2.26. The summed E-state index contributed by atoms with van der Waals surface area (Å²) in [5.74, 6) is 0.887. The first-order chi connectivity index (χ1) is 7.16. The second-order valence-corrected chi connectivity index (χ2v) is 4.31. The highest BCUT2D eigenvalue weighted by molar-refractivity contribution is 5.27. The molecule has 1 atom stereocenters. The molecular formula is C12H18N2O. The van der Waals surface area contributed by atoms with Crippen LogP contribution in [0, 0.1) is 13.8 Å². The van der Waals surface area contributed by atoms with Gasteiger partial charge in [-0.15, -0.1) is 0 Å². The van der Waals surface area contributed by atoms with Crippen LogP contribution in [0.1, 0.15) is 17.7 Å². The normalized spacial score (nSPS) is 21.1. The Hall–Kier alpha value is -1.09. The van der Waals surface area contributed by atoms with Crippen LogP contribution in [0.25, 0.3) is 0 Å². The Morgan fingerprint density at radius 2 is 2.33 bits per heavy atom. The van der Waals surface area contributed by atoms with Crippen molar-refractivity contribution in [3.8, 4) is 5.75 Å². The molecular weight excluding hydrogens is 188 g/mol. The van der Waals surface area contributed by atoms with Gasteiger partial charge in [-0.05, 0) is 45.5 Å². The van der Waals surface area contributed by atoms with E-state index in [0.717, 1.165) is 18.1 Å². The fraction of sp³-hybridized carbons (Fsp3) is 0.583. The van der Waals surface area contributed by atoms with E-state index in [1.54, 1.807) is 6.20 Å². The highest BCUT2D eigenvalue weighted by Gasteiger charge is 2.24. The zero-order chi connectivity index (χ0) is 10.8. The van der Waals surface area contributed by atoms with Crippen LogP contribution in [-0.2, 0) is 0 Å². The molecule has 1 aliphatic heterocycles. The highest BCUT2D eigenvalue weighted by atomic mass is 16.5. The van der Waals surface area contributed by atoms with Gasteiger partial charge in [-0.25, -0.2) is 0 Å². The summed E-state index contributed by atoms with van der Waals surface area (Å²) in [5, 5.41) is 0. The molecule has 0 radical (unpaired) electrons. The maximum absolute atomic E-state index is 5.71. The second kappa shape index (κ2) is 4.19. The van der Waals surface area contributed by atoms with Crippen molar-refractivity contribution in [3.05, 3.63) is 23.5 Å². The van der Waals surface area contributed by atoms with Gasteiger partial charge in [-0.1, -0.05) is 0 Å². The van der Waals surface area contributed by atoms with Gasteiger partial charge in [0.2, 0.25) is 0 Å². The standard InChI is InChI=1S/C12H18N2O/c1-9-6-12(7-13-10(9)2)15-8-11-4-5-14(11)3/h6-7,11H,4-5,8H2,1-3H3/t11-/m1/s1. The average Bonchev–Trinajstić information content (AvgIpc) is 2.21. The Balaban J connectivity index is 1.90. The van der Waals surface area contributed by atoms with Crippen LogP contribution >= 0.6 is 0 Å². The molecule has 1 aromatic rings. The minimum atomic E-state index is 0.589. The molecule has 1 fully saturated rings. The molecule has 0 aliphatic carbocycles. The summed E-state index contributed by atoms with van der Waals surface area (Å²) in [6, 6.07) is 2.65. The lowest BCUT2D eigenvalue weighted by Crippen LogP contribution is -2.48. The summed E-state index contributed by atoms with van der Waals surface area (Å²) in [7, 11) is 2.14. The smallest absolute Gasteiger partial charge is 0.137 e. The molecule has 3 nitrogen and oxygen atoms in total. The van der Waals surface area contributed by atoms with Crippen LogP contribution in [0.2, 0.25) is 0 Å². The Morgan fingerprint density at radius 1 is 1.53 bits per heavy atom. The molecule has 2 rings (SSSR count). The third-order valence-electron chi connectivity index (χ3n) is 3.20. The van der Waals surface area contributed by atoms with Crippen LogP contribution in [0.15, 0.2) is 12.3 Å². The lowest BCUT2D eigenvalue weighted by molar-refractivity contribution is 0.0767. The molecule has 0 bridgehead atoms. The molecule has 15 heavy (non-hydrogen) atoms. The number of aromatic nitrogens is 1. The molecule has 0 saturated carbocycles. The van der Waals surface area contributed by atoms with Crippen molar-refractivity contribution in [1.82, 2.24) is 9.88 Å². The third-order valence-corrected chi connectivity index (χ3v) is 3.20. The molecule has 2 heterocycles. The molecule has 1 aliphatic rings. The van der Waals surface area contributed by atoms with E-state index in [9.17, 15) is 0 Å². The van der Waals surface area contributed by atoms with Crippen molar-refractivity contribution < 1.29 is 4.74 Å². The van der Waals surface area contributed by atoms with Crippen molar-refractivity contribution in [1.29, 1.82) is 0 Å². The first-order valence-corrected chi connectivity index (χ1v) is 5.43. The minimum absolute atomic E-state index is 0.589. The lowest BCUT2D eigenvalue weighted by atomic mass is 10.1. The van der Waals surface area contributed by atoms with E-state index in [4.69, 9.17) is 4.74 Å². The number of nitrogens with zero attached hydrogens (tertiary/aromatic N) is 2. The lowest BCUT2D eigenvalue weighted by Gasteiger charge is -2.37. The van der Waals surface area contributed by atoms with Gasteiger partial charge < -0.3 is 4.74 Å². The predicted octanol–water partition coefficient (Wildman–Crippen LogP) is 1.78. The summed E-state index contributed by atoms with van der Waals surface area (Å²) in [6.07, 6.45) is 3.05. The zero-order valence-corrected chi connectivity index (χ0v) is 9.66. The van der Waals surface area contributed by atoms with Gasteiger partial charge in [-0.3, -0.25) is 9.88 Å². The number of aryl methyl sites for hydroxylation is 2. The van der Waals surface area contributed by atoms with Gasteiger partial charge in [0.25, 0.3) is 0 Å². The fourth-order valence-electron chi connectivity index (χ4n) is 1.67. The molecule has 0 N–H and O–H groups in total. The predicted molar refractivity (Wildman–Crippen MR) is 60.2 cm³/mol. The summed E-state index contributed by atoms with van der Waals surface area (Å²) in [4.78, 5) is 6.59. The number of hydrogen-bond acceptors (Lipinski definition) is 3. The first-order valence-electron chi connectivity index (χ1n) is 5.43. The molecule has 0 aromatic carbocycles. The zero-order valence-electron chi connectivity index (χ0n) is 9.66. The summed E-state index contributed by atoms with van der Waals surface area (Å²) >= 11 is 0. The molecule has 0 spiro atoms. The fourth-order valence-corrected chi connectivity index (χ4v) is 1.67. The van der Waals surface area contributed by atoms with E-state index in [0.29, 0.717) is 6.04 Å². The van der Waals surface area contributed by atoms with E-state index < -0.39 is 0 Å². The second-order valence-electron chi connectivity index (χ2n) is 4.31. The van der Waals surface area contributed by atoms with Crippen LogP contribution in [0.5, 0.6) is 5.75 Å². The van der Waals surface area contributed by atoms with Crippen molar-refractivity contribution in [2.45, 2.75) is 26.3 Å². The van der Waals surface area contributed by atoms with Crippen LogP contribution in [-0.4, -0.2) is 36.1 Å². The summed E-state index contributed by atoms with van der Waals surface area (Å²) in [6.45, 7) is 6.05. The Morgan fingerprint density at radius 3 is 2.87 bits per heavy atom. The highest BCUT2D eigenvalue weighted by Crippen LogP contribution is 2.18. The van der Waals surface area contributed by atoms with E-state index in [-0.39, 0.29) is 0 Å². The Bertz CT molecular complexity index is 351. The van der Waals surface area contributed by atoms with E-state index in [1.165, 1.54) is 18.5 Å². The van der Waals surface area contributed by atoms with Gasteiger partial charge in [0.15, 0.2) is 0 Å². The van der Waals surface area contributed by atoms with E-state index in [1.807, 2.05) is 6.92 Å². The van der Waals surface area contributed by atoms with Gasteiger partial charge in [0.1, 0.15) is 12.4 Å². The van der Waals surface area contributed by atoms with Crippen molar-refractivity contribution in [2.75, 3.05) is 20.2 Å². The monoisotopic (exact) mass is 206 g/mol. The number of rotatable bonds is 3. The molecule has 0 unspecified atom stereocenters. The summed E-state index contributed by atoms with van der Waals surface area (Å²) < 4.78 is 5.71. The van der Waals surface area contributed by atoms with Gasteiger partial charge in [-0.2, -0.15) is 0 Å². The van der Waals surface area contributed by atoms with Crippen molar-refractivity contribution >= 4 is 0 Å². The number of hydrogen-bond donors (Lipinski definition) is 0. The number of pyridine rings is 1. The van der Waals surface area contributed by atoms with Crippen molar-refractivity contribution in [3.63, 3.8) is 0 Å². The Kier molecular flexibility index (Phi) is 2.91. The topological polar surface area (TPSA) is 25.4 Å². The van der Waals surface area contributed by atoms with Crippen LogP contribution in [0.3, 0.4) is 0 Å². The van der Waals surface area contributed by atoms with Gasteiger partial charge in [0.05, 0.1) is 6.20 Å². The third kappa shape index (κ3) is 2.29. The first kappa shape index (κ1) is 10.4.